The van der Waals surface area contributed by atoms with Crippen LogP contribution in [0.1, 0.15) is 71.1 Å². The highest BCUT2D eigenvalue weighted by Crippen LogP contribution is 2.44. The van der Waals surface area contributed by atoms with Crippen LogP contribution in [-0.2, 0) is 68.3 Å². The number of fused-ring (bicyclic) bond motifs is 3. The zero-order chi connectivity index (χ0) is 44.4. The lowest BCUT2D eigenvalue weighted by Crippen LogP contribution is -2.65. The molecule has 1 saturated heterocycles. The van der Waals surface area contributed by atoms with Gasteiger partial charge in [0.05, 0.1) is 0 Å². The minimum absolute atomic E-state index is 0.0108. The highest BCUT2D eigenvalue weighted by molar-refractivity contribution is 5.87. The maximum atomic E-state index is 14.2. The second-order valence-corrected chi connectivity index (χ2v) is 15.8. The Morgan fingerprint density at radius 2 is 1.20 bits per heavy atom. The fraction of sp³-hybridized carbons (Fsp3) is 0.444. The van der Waals surface area contributed by atoms with Crippen LogP contribution >= 0.6 is 0 Å². The molecule has 326 valence electrons. The molecule has 7 atom stereocenters. The number of ether oxygens (including phenoxy) is 7. The number of hydrogen-bond donors (Lipinski definition) is 2. The third-order valence-corrected chi connectivity index (χ3v) is 9.86. The van der Waals surface area contributed by atoms with Crippen molar-refractivity contribution in [3.8, 4) is 11.1 Å². The van der Waals surface area contributed by atoms with Gasteiger partial charge in [-0.2, -0.15) is 0 Å². The lowest BCUT2D eigenvalue weighted by molar-refractivity contribution is -0.261. The lowest BCUT2D eigenvalue weighted by Gasteiger charge is -2.46. The summed E-state index contributed by atoms with van der Waals surface area (Å²) < 4.78 is 39.7. The van der Waals surface area contributed by atoms with E-state index in [-0.39, 0.29) is 18.9 Å². The molecule has 2 amide bonds. The molecule has 0 aromatic heterocycles. The molecule has 16 heteroatoms. The minimum atomic E-state index is -1.62. The Balaban J connectivity index is 1.43. The van der Waals surface area contributed by atoms with Gasteiger partial charge in [-0.3, -0.25) is 28.8 Å². The van der Waals surface area contributed by atoms with E-state index in [2.05, 4.69) is 10.6 Å². The molecule has 0 saturated carbocycles. The molecule has 1 aliphatic heterocycles. The first-order chi connectivity index (χ1) is 28.9. The standard InChI is InChI=1S/C45H52N2O14/c1-25(48)55-24-37-39(57-26(2)49)41(59-28(4)51)40(58-27(3)50)38(60-37)34(43(53)61-45(5,6)7)22-46-42(52)36(21-29-15-9-8-10-16-29)47-44(54)56-23-35-32-19-13-11-17-30(32)31-18-12-14-20-33(31)35/h8-20,34-41H,21-24H2,1-7H3,(H,46,52)(H,47,54)/t34-,36+,37-,38+,39-,40+,41+/m1/s1. The number of rotatable bonds is 15. The number of carbonyl (C=O) groups excluding carboxylic acids is 7. The summed E-state index contributed by atoms with van der Waals surface area (Å²) >= 11 is 0. The summed E-state index contributed by atoms with van der Waals surface area (Å²) in [6.45, 7) is 8.12. The average Bonchev–Trinajstić information content (AvgIpc) is 3.50. The first-order valence-corrected chi connectivity index (χ1v) is 19.9. The van der Waals surface area contributed by atoms with Gasteiger partial charge in [0.2, 0.25) is 5.91 Å². The Bertz CT molecular complexity index is 2040. The van der Waals surface area contributed by atoms with Crippen LogP contribution in [0.5, 0.6) is 0 Å². The maximum Gasteiger partial charge on any atom is 0.407 e. The zero-order valence-corrected chi connectivity index (χ0v) is 35.2. The van der Waals surface area contributed by atoms with Gasteiger partial charge in [0.15, 0.2) is 18.3 Å². The lowest BCUT2D eigenvalue weighted by atomic mass is 9.86. The molecule has 3 aromatic carbocycles. The number of benzene rings is 3. The number of nitrogens with one attached hydrogen (secondary N) is 2. The van der Waals surface area contributed by atoms with Crippen LogP contribution in [-0.4, -0.2) is 104 Å². The van der Waals surface area contributed by atoms with E-state index in [1.807, 2.05) is 48.5 Å². The highest BCUT2D eigenvalue weighted by atomic mass is 16.7. The number of hydrogen-bond acceptors (Lipinski definition) is 14. The van der Waals surface area contributed by atoms with E-state index in [0.717, 1.165) is 49.9 Å². The molecule has 1 aliphatic carbocycles. The Morgan fingerprint density at radius 1 is 0.656 bits per heavy atom. The topological polar surface area (TPSA) is 208 Å². The van der Waals surface area contributed by atoms with Gasteiger partial charge in [0.25, 0.3) is 0 Å². The highest BCUT2D eigenvalue weighted by Gasteiger charge is 2.56. The summed E-state index contributed by atoms with van der Waals surface area (Å²) in [5.41, 5.74) is 3.73. The number of esters is 5. The van der Waals surface area contributed by atoms with Crippen molar-refractivity contribution in [2.45, 2.75) is 103 Å². The van der Waals surface area contributed by atoms with Crippen LogP contribution < -0.4 is 10.6 Å². The van der Waals surface area contributed by atoms with Gasteiger partial charge >= 0.3 is 35.9 Å². The van der Waals surface area contributed by atoms with Gasteiger partial charge in [-0.15, -0.1) is 0 Å². The fourth-order valence-electron chi connectivity index (χ4n) is 7.47. The maximum absolute atomic E-state index is 14.2. The van der Waals surface area contributed by atoms with Gasteiger partial charge in [-0.25, -0.2) is 4.79 Å². The molecule has 61 heavy (non-hydrogen) atoms. The minimum Gasteiger partial charge on any atom is -0.463 e. The normalized spacial score (nSPS) is 20.3. The predicted molar refractivity (Wildman–Crippen MR) is 216 cm³/mol. The molecule has 5 rings (SSSR count). The van der Waals surface area contributed by atoms with E-state index in [1.54, 1.807) is 51.1 Å². The smallest absolute Gasteiger partial charge is 0.407 e. The summed E-state index contributed by atoms with van der Waals surface area (Å²) in [6, 6.07) is 23.4. The van der Waals surface area contributed by atoms with Crippen LogP contribution in [0.25, 0.3) is 11.1 Å². The van der Waals surface area contributed by atoms with Crippen molar-refractivity contribution >= 4 is 41.8 Å². The van der Waals surface area contributed by atoms with E-state index in [0.29, 0.717) is 5.56 Å². The number of amides is 2. The van der Waals surface area contributed by atoms with Crippen molar-refractivity contribution in [1.82, 2.24) is 10.6 Å². The summed E-state index contributed by atoms with van der Waals surface area (Å²) in [7, 11) is 0. The predicted octanol–water partition coefficient (Wildman–Crippen LogP) is 4.34. The van der Waals surface area contributed by atoms with Crippen molar-refractivity contribution in [3.63, 3.8) is 0 Å². The van der Waals surface area contributed by atoms with Crippen LogP contribution in [0.4, 0.5) is 4.79 Å². The monoisotopic (exact) mass is 844 g/mol. The van der Waals surface area contributed by atoms with Crippen molar-refractivity contribution in [3.05, 3.63) is 95.6 Å². The zero-order valence-electron chi connectivity index (χ0n) is 35.2. The molecule has 0 unspecified atom stereocenters. The second-order valence-electron chi connectivity index (χ2n) is 15.8. The summed E-state index contributed by atoms with van der Waals surface area (Å²) in [6.07, 6.45) is -8.44. The molecule has 2 aliphatic rings. The molecule has 2 N–H and O–H groups in total. The number of alkyl carbamates (subject to hydrolysis) is 1. The molecule has 0 bridgehead atoms. The molecule has 1 fully saturated rings. The van der Waals surface area contributed by atoms with Crippen LogP contribution in [0, 0.1) is 5.92 Å². The Morgan fingerprint density at radius 3 is 1.75 bits per heavy atom. The second kappa shape index (κ2) is 20.3. The molecule has 0 spiro atoms. The van der Waals surface area contributed by atoms with E-state index in [9.17, 15) is 33.6 Å². The summed E-state index contributed by atoms with van der Waals surface area (Å²) in [5.74, 6) is -6.69. The van der Waals surface area contributed by atoms with Crippen LogP contribution in [0.3, 0.4) is 0 Å². The molecule has 0 radical (unpaired) electrons. The number of carbonyl (C=O) groups is 7. The third-order valence-electron chi connectivity index (χ3n) is 9.86. The van der Waals surface area contributed by atoms with E-state index in [4.69, 9.17) is 33.2 Å². The van der Waals surface area contributed by atoms with E-state index in [1.165, 1.54) is 0 Å². The fourth-order valence-corrected chi connectivity index (χ4v) is 7.47. The molecule has 3 aromatic rings. The first-order valence-electron chi connectivity index (χ1n) is 19.9. The van der Waals surface area contributed by atoms with Crippen molar-refractivity contribution in [2.75, 3.05) is 19.8 Å². The Labute approximate surface area is 353 Å². The van der Waals surface area contributed by atoms with Gasteiger partial charge in [-0.05, 0) is 48.6 Å². The van der Waals surface area contributed by atoms with Crippen molar-refractivity contribution in [1.29, 1.82) is 0 Å². The molecule has 1 heterocycles. The Kier molecular flexibility index (Phi) is 15.2. The van der Waals surface area contributed by atoms with Crippen LogP contribution in [0.15, 0.2) is 78.9 Å². The van der Waals surface area contributed by atoms with Crippen molar-refractivity contribution in [2.24, 2.45) is 5.92 Å². The Hall–Kier alpha value is -6.29. The first kappa shape index (κ1) is 45.8. The van der Waals surface area contributed by atoms with Gasteiger partial charge in [0, 0.05) is 46.6 Å². The SMILES string of the molecule is CC(=O)OC[C@H]1O[C@@H]([C@@H](CNC(=O)[C@H](Cc2ccccc2)NC(=O)OCC2c3ccccc3-c3ccccc32)C(=O)OC(C)(C)C)[C@H](OC(C)=O)[C@@H](OC(C)=O)[C@@H]1OC(C)=O. The van der Waals surface area contributed by atoms with Crippen LogP contribution in [0.2, 0.25) is 0 Å². The quantitative estimate of drug-likeness (QED) is 0.161. The van der Waals surface area contributed by atoms with E-state index < -0.39 is 103 Å². The molecular weight excluding hydrogens is 792 g/mol. The average molecular weight is 845 g/mol. The van der Waals surface area contributed by atoms with Gasteiger partial charge in [0.1, 0.15) is 43.0 Å². The summed E-state index contributed by atoms with van der Waals surface area (Å²) in [4.78, 5) is 91.2. The van der Waals surface area contributed by atoms with Gasteiger partial charge < -0.3 is 43.8 Å². The summed E-state index contributed by atoms with van der Waals surface area (Å²) in [5, 5.41) is 5.41. The van der Waals surface area contributed by atoms with Gasteiger partial charge in [-0.1, -0.05) is 78.9 Å². The van der Waals surface area contributed by atoms with Crippen molar-refractivity contribution < 1.29 is 66.7 Å². The third kappa shape index (κ3) is 12.4. The molecular formula is C45H52N2O14. The largest absolute Gasteiger partial charge is 0.463 e. The van der Waals surface area contributed by atoms with E-state index >= 15 is 0 Å². The molecule has 16 nitrogen and oxygen atoms in total.